The molecule has 0 aromatic heterocycles. The van der Waals surface area contributed by atoms with Gasteiger partial charge in [0.1, 0.15) is 5.60 Å². The summed E-state index contributed by atoms with van der Waals surface area (Å²) in [6.45, 7) is 10.9. The fraction of sp³-hybridized carbons (Fsp3) is 0.806. The highest BCUT2D eigenvalue weighted by molar-refractivity contribution is 7.91. The number of esters is 1. The summed E-state index contributed by atoms with van der Waals surface area (Å²) in [5, 5.41) is 10.6. The van der Waals surface area contributed by atoms with Crippen molar-refractivity contribution in [3.05, 3.63) is 12.2 Å². The van der Waals surface area contributed by atoms with E-state index in [2.05, 4.69) is 11.6 Å². The zero-order chi connectivity index (χ0) is 31.3. The number of carbonyl (C=O) groups excluding carboxylic acids is 4. The number of Topliss-reactive ketones (excluding diaryl/α,β-unsaturated/α-hetero) is 1. The molecule has 0 aromatic rings. The van der Waals surface area contributed by atoms with Crippen molar-refractivity contribution < 1.29 is 37.4 Å². The highest BCUT2D eigenvalue weighted by atomic mass is 32.2. The first-order valence-corrected chi connectivity index (χ1v) is 16.8. The number of aliphatic hydroxyl groups is 1. The molecule has 2 saturated carbocycles. The second-order valence-corrected chi connectivity index (χ2v) is 16.8. The largest absolute Gasteiger partial charge is 0.460 e. The molecule has 2 aliphatic carbocycles. The van der Waals surface area contributed by atoms with Crippen molar-refractivity contribution in [1.82, 2.24) is 9.62 Å². The first-order valence-electron chi connectivity index (χ1n) is 15.3. The third kappa shape index (κ3) is 7.09. The summed E-state index contributed by atoms with van der Waals surface area (Å²) in [6.07, 6.45) is 6.20. The fourth-order valence-electron chi connectivity index (χ4n) is 6.58. The van der Waals surface area contributed by atoms with Crippen LogP contribution in [0.2, 0.25) is 0 Å². The Kier molecular flexibility index (Phi) is 9.07. The topological polar surface area (TPSA) is 147 Å². The van der Waals surface area contributed by atoms with Gasteiger partial charge in [0.25, 0.3) is 0 Å². The number of carbonyl (C=O) groups is 4. The number of ketones is 1. The average Bonchev–Trinajstić information content (AvgIpc) is 3.74. The van der Waals surface area contributed by atoms with Gasteiger partial charge in [0.2, 0.25) is 21.8 Å². The molecule has 11 heteroatoms. The molecule has 7 atom stereocenters. The van der Waals surface area contributed by atoms with Gasteiger partial charge in [0.05, 0.1) is 34.6 Å². The van der Waals surface area contributed by atoms with Gasteiger partial charge < -0.3 is 14.7 Å². The number of sulfonamides is 1. The molecule has 0 unspecified atom stereocenters. The highest BCUT2D eigenvalue weighted by Crippen LogP contribution is 2.57. The minimum Gasteiger partial charge on any atom is -0.460 e. The van der Waals surface area contributed by atoms with Gasteiger partial charge in [-0.2, -0.15) is 0 Å². The van der Waals surface area contributed by atoms with Crippen molar-refractivity contribution in [3.8, 4) is 0 Å². The average molecular weight is 609 g/mol. The molecular weight excluding hydrogens is 560 g/mol. The van der Waals surface area contributed by atoms with Crippen molar-refractivity contribution in [1.29, 1.82) is 0 Å². The summed E-state index contributed by atoms with van der Waals surface area (Å²) in [5.41, 5.74) is -1.94. The summed E-state index contributed by atoms with van der Waals surface area (Å²) >= 11 is 0. The maximum absolute atomic E-state index is 14.1. The van der Waals surface area contributed by atoms with Crippen LogP contribution >= 0.6 is 0 Å². The molecule has 4 rings (SSSR count). The van der Waals surface area contributed by atoms with E-state index in [4.69, 9.17) is 4.74 Å². The standard InChI is InChI=1S/C31H48N2O8S/c1-19-9-7-8-10-21-16-31(21,28(38)32-42(39,40)30(6)11-12-30)17-25(35)24-14-22(34)18-33(24)27(37)23(20(2)13-19)15-26(36)41-29(3,4)5/h8,10,19-24,34H,7,9,11-18H2,1-6H3,(H,32,38)/b10-8-/t19-,20-,21-,22-,23+,24+,31-/m1/s1. The van der Waals surface area contributed by atoms with Crippen LogP contribution in [0.15, 0.2) is 12.2 Å². The van der Waals surface area contributed by atoms with Gasteiger partial charge in [-0.05, 0) is 84.0 Å². The van der Waals surface area contributed by atoms with Crippen LogP contribution < -0.4 is 4.72 Å². The van der Waals surface area contributed by atoms with Crippen LogP contribution in [0.5, 0.6) is 0 Å². The molecule has 0 radical (unpaired) electrons. The zero-order valence-corrected chi connectivity index (χ0v) is 26.7. The molecule has 42 heavy (non-hydrogen) atoms. The summed E-state index contributed by atoms with van der Waals surface area (Å²) < 4.78 is 32.6. The van der Waals surface area contributed by atoms with Gasteiger partial charge >= 0.3 is 5.97 Å². The second-order valence-electron chi connectivity index (χ2n) is 14.6. The lowest BCUT2D eigenvalue weighted by Gasteiger charge is -2.32. The van der Waals surface area contributed by atoms with E-state index in [-0.39, 0.29) is 55.3 Å². The van der Waals surface area contributed by atoms with Crippen molar-refractivity contribution in [3.63, 3.8) is 0 Å². The monoisotopic (exact) mass is 608 g/mol. The Bertz CT molecular complexity index is 1230. The number of rotatable bonds is 5. The Morgan fingerprint density at radius 3 is 2.45 bits per heavy atom. The summed E-state index contributed by atoms with van der Waals surface area (Å²) in [5.74, 6) is -2.90. The quantitative estimate of drug-likeness (QED) is 0.357. The normalized spacial score (nSPS) is 36.1. The summed E-state index contributed by atoms with van der Waals surface area (Å²) in [4.78, 5) is 55.7. The lowest BCUT2D eigenvalue weighted by Crippen LogP contribution is -2.48. The van der Waals surface area contributed by atoms with Gasteiger partial charge in [-0.3, -0.25) is 23.9 Å². The molecule has 2 amide bonds. The molecule has 1 saturated heterocycles. The number of hydrogen-bond acceptors (Lipinski definition) is 8. The minimum atomic E-state index is -3.89. The molecule has 4 aliphatic rings. The van der Waals surface area contributed by atoms with Crippen LogP contribution in [0.3, 0.4) is 0 Å². The second kappa shape index (κ2) is 11.7. The van der Waals surface area contributed by atoms with E-state index in [1.54, 1.807) is 27.7 Å². The van der Waals surface area contributed by atoms with E-state index in [1.165, 1.54) is 4.90 Å². The first-order chi connectivity index (χ1) is 19.4. The predicted molar refractivity (Wildman–Crippen MR) is 156 cm³/mol. The van der Waals surface area contributed by atoms with Crippen molar-refractivity contribution in [2.45, 2.75) is 122 Å². The Morgan fingerprint density at radius 1 is 1.17 bits per heavy atom. The fourth-order valence-corrected chi connectivity index (χ4v) is 7.91. The third-order valence-corrected chi connectivity index (χ3v) is 11.8. The van der Waals surface area contributed by atoms with E-state index < -0.39 is 55.7 Å². The third-order valence-electron chi connectivity index (χ3n) is 9.62. The number of fused-ring (bicyclic) bond motifs is 2. The van der Waals surface area contributed by atoms with Crippen molar-refractivity contribution in [2.75, 3.05) is 6.54 Å². The van der Waals surface area contributed by atoms with Crippen molar-refractivity contribution >= 4 is 33.6 Å². The van der Waals surface area contributed by atoms with E-state index in [0.29, 0.717) is 25.7 Å². The maximum atomic E-state index is 14.1. The lowest BCUT2D eigenvalue weighted by atomic mass is 9.82. The van der Waals surface area contributed by atoms with E-state index >= 15 is 0 Å². The summed E-state index contributed by atoms with van der Waals surface area (Å²) in [7, 11) is -3.89. The molecule has 2 N–H and O–H groups in total. The first kappa shape index (κ1) is 32.6. The zero-order valence-electron chi connectivity index (χ0n) is 25.9. The number of allylic oxidation sites excluding steroid dienone is 2. The number of nitrogens with one attached hydrogen (secondary N) is 1. The van der Waals surface area contributed by atoms with Crippen LogP contribution in [0.4, 0.5) is 0 Å². The molecule has 10 nitrogen and oxygen atoms in total. The number of amides is 2. The van der Waals surface area contributed by atoms with Gasteiger partial charge in [-0.1, -0.05) is 26.0 Å². The number of hydrogen-bond donors (Lipinski definition) is 2. The molecule has 3 fully saturated rings. The van der Waals surface area contributed by atoms with Crippen LogP contribution in [-0.4, -0.2) is 71.0 Å². The Hall–Kier alpha value is -2.27. The van der Waals surface area contributed by atoms with E-state index in [1.807, 2.05) is 19.1 Å². The molecule has 0 spiro atoms. The number of aliphatic hydroxyl groups excluding tert-OH is 1. The summed E-state index contributed by atoms with van der Waals surface area (Å²) in [6, 6.07) is -0.962. The van der Waals surface area contributed by atoms with Crippen LogP contribution in [0.1, 0.15) is 99.3 Å². The minimum absolute atomic E-state index is 0.0308. The molecule has 2 heterocycles. The number of ether oxygens (including phenoxy) is 1. The van der Waals surface area contributed by atoms with Gasteiger partial charge in [0, 0.05) is 19.4 Å². The molecule has 236 valence electrons. The smallest absolute Gasteiger partial charge is 0.307 e. The SMILES string of the molecule is C[C@@H]1CC/C=C\[C@@H]2C[C@@]2(C(=O)NS(=O)(=O)C2(C)CC2)CC(=O)[C@@H]2C[C@@H](O)CN2C(=O)[C@@H](CC(=O)OC(C)(C)C)[C@H](C)C1. The molecule has 0 aromatic carbocycles. The van der Waals surface area contributed by atoms with Gasteiger partial charge in [-0.15, -0.1) is 0 Å². The lowest BCUT2D eigenvalue weighted by molar-refractivity contribution is -0.160. The van der Waals surface area contributed by atoms with Crippen LogP contribution in [0, 0.1) is 29.1 Å². The van der Waals surface area contributed by atoms with Crippen molar-refractivity contribution in [2.24, 2.45) is 29.1 Å². The predicted octanol–water partition coefficient (Wildman–Crippen LogP) is 3.27. The maximum Gasteiger partial charge on any atom is 0.307 e. The molecular formula is C31H48N2O8S. The highest BCUT2D eigenvalue weighted by Gasteiger charge is 2.62. The molecule has 0 bridgehead atoms. The van der Waals surface area contributed by atoms with E-state index in [9.17, 15) is 32.7 Å². The van der Waals surface area contributed by atoms with Gasteiger partial charge in [-0.25, -0.2) is 8.42 Å². The number of nitrogens with zero attached hydrogens (tertiary/aromatic N) is 1. The van der Waals surface area contributed by atoms with Crippen LogP contribution in [-0.2, 0) is 33.9 Å². The van der Waals surface area contributed by atoms with Gasteiger partial charge in [0.15, 0.2) is 5.78 Å². The Balaban J connectivity index is 1.63. The van der Waals surface area contributed by atoms with E-state index in [0.717, 1.165) is 12.8 Å². The Labute approximate surface area is 250 Å². The molecule has 2 aliphatic heterocycles. The Morgan fingerprint density at radius 2 is 1.83 bits per heavy atom. The van der Waals surface area contributed by atoms with Crippen LogP contribution in [0.25, 0.3) is 0 Å².